The average Bonchev–Trinajstić information content (AvgIpc) is 2.08. The Bertz CT molecular complexity index is 312. The number of thioether (sulfide) groups is 1. The van der Waals surface area contributed by atoms with Crippen LogP contribution in [-0.4, -0.2) is 5.12 Å². The third-order valence-corrected chi connectivity index (χ3v) is 2.66. The maximum atomic E-state index is 11.3. The van der Waals surface area contributed by atoms with Gasteiger partial charge in [0.1, 0.15) is 0 Å². The Hall–Kier alpha value is -1.03. The Morgan fingerprint density at radius 2 is 2.23 bits per heavy atom. The van der Waals surface area contributed by atoms with Crippen LogP contribution >= 0.6 is 11.8 Å². The summed E-state index contributed by atoms with van der Waals surface area (Å²) in [6.45, 7) is 3.63. The maximum absolute atomic E-state index is 11.3. The van der Waals surface area contributed by atoms with Crippen LogP contribution in [0, 0.1) is 11.1 Å². The molecule has 0 fully saturated rings. The molecule has 4 heteroatoms. The van der Waals surface area contributed by atoms with Crippen LogP contribution in [0.2, 0.25) is 0 Å². The van der Waals surface area contributed by atoms with Crippen molar-refractivity contribution in [3.05, 3.63) is 29.6 Å². The second kappa shape index (κ2) is 4.28. The van der Waals surface area contributed by atoms with Crippen molar-refractivity contribution in [2.75, 3.05) is 0 Å². The molecule has 0 bridgehead atoms. The molecule has 1 rings (SSSR count). The van der Waals surface area contributed by atoms with E-state index in [1.54, 1.807) is 18.2 Å². The van der Waals surface area contributed by atoms with E-state index in [9.17, 15) is 10.0 Å². The summed E-state index contributed by atoms with van der Waals surface area (Å²) >= 11 is 0.990. The van der Waals surface area contributed by atoms with Crippen LogP contribution in [0.5, 0.6) is 0 Å². The van der Waals surface area contributed by atoms with Gasteiger partial charge in [0.05, 0.1) is 0 Å². The van der Waals surface area contributed by atoms with Gasteiger partial charge in [-0.05, 0) is 6.07 Å². The highest BCUT2D eigenvalue weighted by atomic mass is 32.2. The summed E-state index contributed by atoms with van der Waals surface area (Å²) in [5.41, 5.74) is 0. The van der Waals surface area contributed by atoms with Crippen LogP contribution in [-0.2, 0) is 4.79 Å². The van der Waals surface area contributed by atoms with E-state index in [-0.39, 0.29) is 11.0 Å². The molecule has 0 N–H and O–H groups in total. The number of rotatable bonds is 2. The van der Waals surface area contributed by atoms with Gasteiger partial charge in [0.15, 0.2) is 6.20 Å². The van der Waals surface area contributed by atoms with Gasteiger partial charge in [0, 0.05) is 29.8 Å². The van der Waals surface area contributed by atoms with Crippen molar-refractivity contribution in [1.82, 2.24) is 0 Å². The summed E-state index contributed by atoms with van der Waals surface area (Å²) < 4.78 is 0.699. The number of nitrogens with zero attached hydrogens (tertiary/aromatic N) is 1. The lowest BCUT2D eigenvalue weighted by atomic mass is 10.3. The second-order valence-electron chi connectivity index (χ2n) is 2.94. The third-order valence-electron chi connectivity index (χ3n) is 1.47. The maximum Gasteiger partial charge on any atom is 0.258 e. The molecule has 70 valence electrons. The molecule has 1 aromatic heterocycles. The van der Waals surface area contributed by atoms with Gasteiger partial charge in [-0.1, -0.05) is 13.8 Å². The van der Waals surface area contributed by atoms with Crippen LogP contribution < -0.4 is 4.73 Å². The monoisotopic (exact) mass is 197 g/mol. The summed E-state index contributed by atoms with van der Waals surface area (Å²) in [4.78, 5) is 11.3. The van der Waals surface area contributed by atoms with Crippen molar-refractivity contribution in [1.29, 1.82) is 0 Å². The van der Waals surface area contributed by atoms with Crippen molar-refractivity contribution in [3.8, 4) is 0 Å². The lowest BCUT2D eigenvalue weighted by Crippen LogP contribution is -2.28. The molecular weight excluding hydrogens is 186 g/mol. The first kappa shape index (κ1) is 10.1. The summed E-state index contributed by atoms with van der Waals surface area (Å²) in [5.74, 6) is -0.0507. The second-order valence-corrected chi connectivity index (χ2v) is 3.97. The van der Waals surface area contributed by atoms with E-state index in [4.69, 9.17) is 0 Å². The predicted molar refractivity (Wildman–Crippen MR) is 51.1 cm³/mol. The van der Waals surface area contributed by atoms with Crippen molar-refractivity contribution in [2.24, 2.45) is 5.92 Å². The molecule has 0 aromatic carbocycles. The predicted octanol–water partition coefficient (Wildman–Crippen LogP) is 1.59. The van der Waals surface area contributed by atoms with Crippen molar-refractivity contribution in [2.45, 2.75) is 18.9 Å². The minimum Gasteiger partial charge on any atom is -0.618 e. The number of hydrogen-bond acceptors (Lipinski definition) is 3. The zero-order chi connectivity index (χ0) is 9.84. The topological polar surface area (TPSA) is 44.0 Å². The number of carbonyl (C=O) groups excluding carboxylic acids is 1. The molecule has 0 saturated heterocycles. The normalized spacial score (nSPS) is 10.4. The van der Waals surface area contributed by atoms with E-state index >= 15 is 0 Å². The van der Waals surface area contributed by atoms with E-state index in [1.165, 1.54) is 6.20 Å². The van der Waals surface area contributed by atoms with E-state index in [1.807, 2.05) is 13.8 Å². The van der Waals surface area contributed by atoms with Crippen molar-refractivity contribution >= 4 is 16.9 Å². The molecule has 1 heterocycles. The molecule has 0 saturated carbocycles. The molecule has 0 atom stereocenters. The molecule has 0 aliphatic heterocycles. The lowest BCUT2D eigenvalue weighted by molar-refractivity contribution is -0.645. The molecule has 3 nitrogen and oxygen atoms in total. The van der Waals surface area contributed by atoms with Gasteiger partial charge in [-0.3, -0.25) is 4.79 Å². The molecular formula is C9H11NO2S. The fourth-order valence-corrected chi connectivity index (χ4v) is 1.45. The van der Waals surface area contributed by atoms with Gasteiger partial charge < -0.3 is 5.21 Å². The van der Waals surface area contributed by atoms with Crippen LogP contribution in [0.3, 0.4) is 0 Å². The molecule has 0 aliphatic carbocycles. The van der Waals surface area contributed by atoms with Gasteiger partial charge in [-0.2, -0.15) is 4.73 Å². The van der Waals surface area contributed by atoms with E-state index in [2.05, 4.69) is 0 Å². The van der Waals surface area contributed by atoms with Crippen LogP contribution in [0.4, 0.5) is 0 Å². The molecule has 1 aromatic rings. The van der Waals surface area contributed by atoms with Gasteiger partial charge in [0.2, 0.25) is 5.12 Å². The van der Waals surface area contributed by atoms with Crippen LogP contribution in [0.25, 0.3) is 0 Å². The number of pyridine rings is 1. The number of carbonyl (C=O) groups is 1. The fourth-order valence-electron chi connectivity index (χ4n) is 0.713. The first-order valence-corrected chi connectivity index (χ1v) is 4.83. The Morgan fingerprint density at radius 1 is 1.54 bits per heavy atom. The molecule has 0 unspecified atom stereocenters. The highest BCUT2D eigenvalue weighted by molar-refractivity contribution is 8.13. The van der Waals surface area contributed by atoms with E-state index < -0.39 is 0 Å². The zero-order valence-corrected chi connectivity index (χ0v) is 8.38. The molecule has 13 heavy (non-hydrogen) atoms. The average molecular weight is 197 g/mol. The Morgan fingerprint density at radius 3 is 2.77 bits per heavy atom. The van der Waals surface area contributed by atoms with Gasteiger partial charge in [-0.25, -0.2) is 0 Å². The van der Waals surface area contributed by atoms with Gasteiger partial charge in [0.25, 0.3) is 5.03 Å². The van der Waals surface area contributed by atoms with Gasteiger partial charge >= 0.3 is 0 Å². The Labute approximate surface area is 81.4 Å². The Kier molecular flexibility index (Phi) is 3.31. The summed E-state index contributed by atoms with van der Waals surface area (Å²) in [5, 5.41) is 11.6. The summed E-state index contributed by atoms with van der Waals surface area (Å²) in [6.07, 6.45) is 1.38. The highest BCUT2D eigenvalue weighted by Gasteiger charge is 2.14. The zero-order valence-electron chi connectivity index (χ0n) is 7.56. The third kappa shape index (κ3) is 2.73. The highest BCUT2D eigenvalue weighted by Crippen LogP contribution is 2.17. The minimum atomic E-state index is -0.0507. The molecule has 0 amide bonds. The first-order valence-electron chi connectivity index (χ1n) is 4.01. The standard InChI is InChI=1S/C9H11NO2S/c1-7(2)9(11)13-8-5-3-4-6-10(8)12/h3-7H,1-2H3. The SMILES string of the molecule is CC(C)C(=O)Sc1cccc[n+]1[O-]. The summed E-state index contributed by atoms with van der Waals surface area (Å²) in [6, 6.07) is 5.01. The quantitative estimate of drug-likeness (QED) is 0.411. The number of aromatic nitrogens is 1. The Balaban J connectivity index is 2.75. The fraction of sp³-hybridized carbons (Fsp3) is 0.333. The van der Waals surface area contributed by atoms with Crippen LogP contribution in [0.15, 0.2) is 29.4 Å². The largest absolute Gasteiger partial charge is 0.618 e. The van der Waals surface area contributed by atoms with E-state index in [0.29, 0.717) is 9.76 Å². The molecule has 0 spiro atoms. The molecule has 0 radical (unpaired) electrons. The van der Waals surface area contributed by atoms with E-state index in [0.717, 1.165) is 11.8 Å². The van der Waals surface area contributed by atoms with Crippen molar-refractivity contribution < 1.29 is 9.52 Å². The smallest absolute Gasteiger partial charge is 0.258 e. The number of hydrogen-bond donors (Lipinski definition) is 0. The minimum absolute atomic E-state index is 0.0100. The first-order chi connectivity index (χ1) is 6.11. The van der Waals surface area contributed by atoms with Crippen molar-refractivity contribution in [3.63, 3.8) is 0 Å². The van der Waals surface area contributed by atoms with Crippen LogP contribution in [0.1, 0.15) is 13.8 Å². The summed E-state index contributed by atoms with van der Waals surface area (Å²) in [7, 11) is 0. The molecule has 0 aliphatic rings. The van der Waals surface area contributed by atoms with Gasteiger partial charge in [-0.15, -0.1) is 0 Å². The lowest BCUT2D eigenvalue weighted by Gasteiger charge is -2.03.